The van der Waals surface area contributed by atoms with Gasteiger partial charge in [-0.05, 0) is 44.9 Å². The zero-order valence-corrected chi connectivity index (χ0v) is 29.0. The van der Waals surface area contributed by atoms with Crippen LogP contribution in [0.3, 0.4) is 0 Å². The summed E-state index contributed by atoms with van der Waals surface area (Å²) in [7, 11) is 0. The van der Waals surface area contributed by atoms with E-state index in [0.717, 1.165) is 12.8 Å². The van der Waals surface area contributed by atoms with Crippen molar-refractivity contribution < 1.29 is 9.53 Å². The van der Waals surface area contributed by atoms with E-state index in [1.165, 1.54) is 193 Å². The molecular weight excluding hydrogens is 512 g/mol. The third-order valence-corrected chi connectivity index (χ3v) is 8.63. The molecule has 42 heavy (non-hydrogen) atoms. The minimum Gasteiger partial charge on any atom is -0.463 e. The molecule has 0 bridgehead atoms. The predicted octanol–water partition coefficient (Wildman–Crippen LogP) is 14.2. The van der Waals surface area contributed by atoms with Gasteiger partial charge in [-0.1, -0.05) is 193 Å². The minimum absolute atomic E-state index is 0.156. The smallest absolute Gasteiger partial charge is 0.330 e. The molecule has 0 radical (unpaired) electrons. The Bertz CT molecular complexity index is 564. The van der Waals surface area contributed by atoms with Gasteiger partial charge in [0.2, 0.25) is 0 Å². The molecule has 0 rings (SSSR count). The van der Waals surface area contributed by atoms with E-state index in [0.29, 0.717) is 6.61 Å². The summed E-state index contributed by atoms with van der Waals surface area (Å²) in [6.07, 6.45) is 51.4. The summed E-state index contributed by atoms with van der Waals surface area (Å²) in [6.45, 7) is 5.15. The topological polar surface area (TPSA) is 26.3 Å². The number of ether oxygens (including phenoxy) is 1. The summed E-state index contributed by atoms with van der Waals surface area (Å²) in [5, 5.41) is 0. The summed E-state index contributed by atoms with van der Waals surface area (Å²) < 4.78 is 5.37. The van der Waals surface area contributed by atoms with Crippen molar-refractivity contribution in [2.75, 3.05) is 6.61 Å². The Labute approximate surface area is 265 Å². The number of carbonyl (C=O) groups is 1. The minimum atomic E-state index is -0.156. The Kier molecular flexibility index (Phi) is 37.0. The summed E-state index contributed by atoms with van der Waals surface area (Å²) >= 11 is 0. The van der Waals surface area contributed by atoms with Gasteiger partial charge in [0.1, 0.15) is 0 Å². The monoisotopic (exact) mass is 589 g/mol. The van der Waals surface area contributed by atoms with Gasteiger partial charge in [0, 0.05) is 6.08 Å². The third-order valence-electron chi connectivity index (χ3n) is 8.63. The van der Waals surface area contributed by atoms with Crippen LogP contribution >= 0.6 is 0 Å². The molecule has 0 N–H and O–H groups in total. The Morgan fingerprint density at radius 3 is 1.02 bits per heavy atom. The molecule has 0 saturated heterocycles. The van der Waals surface area contributed by atoms with Crippen LogP contribution in [-0.4, -0.2) is 12.6 Å². The van der Waals surface area contributed by atoms with Crippen LogP contribution in [0.2, 0.25) is 0 Å². The van der Waals surface area contributed by atoms with Crippen LogP contribution in [0.5, 0.6) is 0 Å². The molecule has 0 aliphatic rings. The van der Waals surface area contributed by atoms with Crippen molar-refractivity contribution >= 4 is 5.97 Å². The highest BCUT2D eigenvalue weighted by Crippen LogP contribution is 2.14. The van der Waals surface area contributed by atoms with Crippen LogP contribution in [0.4, 0.5) is 0 Å². The number of allylic oxidation sites excluding steroid dienone is 3. The van der Waals surface area contributed by atoms with Gasteiger partial charge in [-0.15, -0.1) is 0 Å². The van der Waals surface area contributed by atoms with Crippen molar-refractivity contribution in [1.29, 1.82) is 0 Å². The SMILES string of the molecule is CCCCCCCCC=CCCCCCCCCCCOC(=O)C=CCCCCCCCCCCCCCCCCC. The Balaban J connectivity index is 3.24. The zero-order chi connectivity index (χ0) is 30.4. The lowest BCUT2D eigenvalue weighted by atomic mass is 10.0. The maximum Gasteiger partial charge on any atom is 0.330 e. The largest absolute Gasteiger partial charge is 0.463 e. The van der Waals surface area contributed by atoms with E-state index >= 15 is 0 Å². The van der Waals surface area contributed by atoms with Crippen LogP contribution in [0, 0.1) is 0 Å². The van der Waals surface area contributed by atoms with E-state index in [1.54, 1.807) is 6.08 Å². The molecule has 0 heterocycles. The summed E-state index contributed by atoms with van der Waals surface area (Å²) in [4.78, 5) is 11.9. The van der Waals surface area contributed by atoms with Gasteiger partial charge in [0.05, 0.1) is 6.61 Å². The van der Waals surface area contributed by atoms with Crippen LogP contribution in [-0.2, 0) is 9.53 Å². The fourth-order valence-corrected chi connectivity index (χ4v) is 5.74. The summed E-state index contributed by atoms with van der Waals surface area (Å²) in [6, 6.07) is 0. The molecule has 0 aliphatic carbocycles. The van der Waals surface area contributed by atoms with E-state index in [4.69, 9.17) is 4.74 Å². The third kappa shape index (κ3) is 37.0. The van der Waals surface area contributed by atoms with E-state index < -0.39 is 0 Å². The van der Waals surface area contributed by atoms with Crippen molar-refractivity contribution in [1.82, 2.24) is 0 Å². The molecule has 2 heteroatoms. The van der Waals surface area contributed by atoms with Gasteiger partial charge in [-0.3, -0.25) is 0 Å². The quantitative estimate of drug-likeness (QED) is 0.0318. The van der Waals surface area contributed by atoms with Gasteiger partial charge < -0.3 is 4.74 Å². The van der Waals surface area contributed by atoms with Crippen molar-refractivity contribution in [3.63, 3.8) is 0 Å². The molecule has 0 aromatic carbocycles. The second-order valence-corrected chi connectivity index (χ2v) is 13.0. The molecular formula is C40H76O2. The molecule has 0 amide bonds. The number of hydrogen-bond acceptors (Lipinski definition) is 2. The first kappa shape index (κ1) is 41.0. The highest BCUT2D eigenvalue weighted by atomic mass is 16.5. The standard InChI is InChI=1S/C40H76O2/c1-3-5-7-9-11-13-15-17-19-21-23-25-27-29-31-33-35-37-39-42-40(41)38-36-34-32-30-28-26-24-22-20-18-16-14-12-10-8-6-4-2/h17,19,36,38H,3-16,18,20-35,37,39H2,1-2H3. The molecule has 0 saturated carbocycles. The van der Waals surface area contributed by atoms with Gasteiger partial charge >= 0.3 is 5.97 Å². The fourth-order valence-electron chi connectivity index (χ4n) is 5.74. The van der Waals surface area contributed by atoms with Gasteiger partial charge in [0.25, 0.3) is 0 Å². The Morgan fingerprint density at radius 2 is 0.667 bits per heavy atom. The number of rotatable bonds is 35. The molecule has 0 unspecified atom stereocenters. The lowest BCUT2D eigenvalue weighted by Crippen LogP contribution is -2.02. The highest BCUT2D eigenvalue weighted by molar-refractivity contribution is 5.81. The summed E-state index contributed by atoms with van der Waals surface area (Å²) in [5.41, 5.74) is 0. The second-order valence-electron chi connectivity index (χ2n) is 13.0. The molecule has 0 atom stereocenters. The van der Waals surface area contributed by atoms with E-state index in [9.17, 15) is 4.79 Å². The van der Waals surface area contributed by atoms with E-state index in [1.807, 2.05) is 6.08 Å². The average Bonchev–Trinajstić information content (AvgIpc) is 3.00. The molecule has 0 spiro atoms. The maximum absolute atomic E-state index is 11.9. The molecule has 2 nitrogen and oxygen atoms in total. The van der Waals surface area contributed by atoms with Crippen LogP contribution in [0.1, 0.15) is 219 Å². The van der Waals surface area contributed by atoms with Crippen molar-refractivity contribution in [3.05, 3.63) is 24.3 Å². The molecule has 0 fully saturated rings. The van der Waals surface area contributed by atoms with Gasteiger partial charge in [-0.25, -0.2) is 4.79 Å². The number of unbranched alkanes of at least 4 members (excludes halogenated alkanes) is 29. The second kappa shape index (κ2) is 38.0. The molecule has 0 aromatic heterocycles. The van der Waals surface area contributed by atoms with Crippen LogP contribution < -0.4 is 0 Å². The number of esters is 1. The van der Waals surface area contributed by atoms with Gasteiger partial charge in [-0.2, -0.15) is 0 Å². The Morgan fingerprint density at radius 1 is 0.381 bits per heavy atom. The van der Waals surface area contributed by atoms with Crippen LogP contribution in [0.15, 0.2) is 24.3 Å². The maximum atomic E-state index is 11.9. The van der Waals surface area contributed by atoms with Crippen molar-refractivity contribution in [3.8, 4) is 0 Å². The number of hydrogen-bond donors (Lipinski definition) is 0. The predicted molar refractivity (Wildman–Crippen MR) is 188 cm³/mol. The molecule has 0 aliphatic heterocycles. The van der Waals surface area contributed by atoms with Gasteiger partial charge in [0.15, 0.2) is 0 Å². The highest BCUT2D eigenvalue weighted by Gasteiger charge is 1.98. The lowest BCUT2D eigenvalue weighted by Gasteiger charge is -2.03. The first-order chi connectivity index (χ1) is 20.8. The molecule has 248 valence electrons. The normalized spacial score (nSPS) is 11.8. The van der Waals surface area contributed by atoms with Crippen molar-refractivity contribution in [2.24, 2.45) is 0 Å². The first-order valence-corrected chi connectivity index (χ1v) is 19.3. The van der Waals surface area contributed by atoms with Crippen molar-refractivity contribution in [2.45, 2.75) is 219 Å². The summed E-state index contributed by atoms with van der Waals surface area (Å²) in [5.74, 6) is -0.156. The number of carbonyl (C=O) groups excluding carboxylic acids is 1. The average molecular weight is 589 g/mol. The molecule has 0 aromatic rings. The van der Waals surface area contributed by atoms with E-state index in [-0.39, 0.29) is 5.97 Å². The Hall–Kier alpha value is -1.05. The van der Waals surface area contributed by atoms with Crippen LogP contribution in [0.25, 0.3) is 0 Å². The van der Waals surface area contributed by atoms with E-state index in [2.05, 4.69) is 26.0 Å². The zero-order valence-electron chi connectivity index (χ0n) is 29.0. The fraction of sp³-hybridized carbons (Fsp3) is 0.875. The lowest BCUT2D eigenvalue weighted by molar-refractivity contribution is -0.137. The first-order valence-electron chi connectivity index (χ1n) is 19.3.